The molecule has 0 unspecified atom stereocenters. The van der Waals surface area contributed by atoms with Crippen LogP contribution in [0.4, 0.5) is 0 Å². The molecular formula is C23H24N4O2S. The van der Waals surface area contributed by atoms with E-state index in [1.807, 2.05) is 45.9 Å². The predicted molar refractivity (Wildman–Crippen MR) is 118 cm³/mol. The molecule has 0 radical (unpaired) electrons. The van der Waals surface area contributed by atoms with E-state index in [0.29, 0.717) is 24.0 Å². The molecule has 2 aromatic carbocycles. The Labute approximate surface area is 180 Å². The van der Waals surface area contributed by atoms with Crippen molar-refractivity contribution < 1.29 is 9.53 Å². The van der Waals surface area contributed by atoms with Crippen LogP contribution in [0.5, 0.6) is 5.75 Å². The molecule has 0 bridgehead atoms. The van der Waals surface area contributed by atoms with Gasteiger partial charge in [-0.3, -0.25) is 9.36 Å². The average Bonchev–Trinajstić information content (AvgIpc) is 3.20. The zero-order valence-corrected chi connectivity index (χ0v) is 17.8. The molecule has 1 aliphatic rings. The van der Waals surface area contributed by atoms with Crippen LogP contribution >= 0.6 is 11.8 Å². The number of thioether (sulfide) groups is 1. The van der Waals surface area contributed by atoms with Crippen molar-refractivity contribution in [2.75, 3.05) is 19.4 Å². The first kappa shape index (κ1) is 20.2. The second-order valence-corrected chi connectivity index (χ2v) is 8.00. The van der Waals surface area contributed by atoms with Gasteiger partial charge in [-0.15, -0.1) is 16.8 Å². The van der Waals surface area contributed by atoms with Crippen LogP contribution in [0, 0.1) is 0 Å². The molecule has 3 aromatic rings. The number of carbonyl (C=O) groups is 1. The maximum absolute atomic E-state index is 12.8. The SMILES string of the molecule is C=CCn1c(SCC(=O)N2CCc3ccccc3C2)nnc1-c1ccc(OC)cc1. The van der Waals surface area contributed by atoms with Crippen molar-refractivity contribution in [2.24, 2.45) is 0 Å². The minimum atomic E-state index is 0.119. The highest BCUT2D eigenvalue weighted by atomic mass is 32.2. The molecule has 0 N–H and O–H groups in total. The van der Waals surface area contributed by atoms with Gasteiger partial charge in [-0.2, -0.15) is 0 Å². The number of benzene rings is 2. The second-order valence-electron chi connectivity index (χ2n) is 7.06. The van der Waals surface area contributed by atoms with Crippen LogP contribution < -0.4 is 4.74 Å². The zero-order valence-electron chi connectivity index (χ0n) is 17.0. The lowest BCUT2D eigenvalue weighted by molar-refractivity contribution is -0.129. The number of methoxy groups -OCH3 is 1. The van der Waals surface area contributed by atoms with Gasteiger partial charge in [0.05, 0.1) is 12.9 Å². The molecule has 0 atom stereocenters. The van der Waals surface area contributed by atoms with Crippen molar-refractivity contribution in [1.82, 2.24) is 19.7 Å². The van der Waals surface area contributed by atoms with Crippen molar-refractivity contribution in [3.05, 3.63) is 72.3 Å². The Morgan fingerprint density at radius 3 is 2.67 bits per heavy atom. The third-order valence-corrected chi connectivity index (χ3v) is 6.14. The first-order valence-corrected chi connectivity index (χ1v) is 10.8. The fourth-order valence-electron chi connectivity index (χ4n) is 3.57. The highest BCUT2D eigenvalue weighted by Gasteiger charge is 2.22. The Balaban J connectivity index is 1.46. The zero-order chi connectivity index (χ0) is 20.9. The van der Waals surface area contributed by atoms with Gasteiger partial charge < -0.3 is 9.64 Å². The Bertz CT molecular complexity index is 1050. The molecule has 30 heavy (non-hydrogen) atoms. The summed E-state index contributed by atoms with van der Waals surface area (Å²) in [6, 6.07) is 16.0. The third kappa shape index (κ3) is 4.26. The van der Waals surface area contributed by atoms with Crippen molar-refractivity contribution in [3.8, 4) is 17.1 Å². The molecule has 2 heterocycles. The van der Waals surface area contributed by atoms with E-state index in [-0.39, 0.29) is 5.91 Å². The van der Waals surface area contributed by atoms with Crippen LogP contribution in [0.3, 0.4) is 0 Å². The van der Waals surface area contributed by atoms with E-state index in [2.05, 4.69) is 35.0 Å². The van der Waals surface area contributed by atoms with E-state index in [0.717, 1.165) is 30.1 Å². The standard InChI is InChI=1S/C23H24N4O2S/c1-3-13-27-22(18-8-10-20(29-2)11-9-18)24-25-23(27)30-16-21(28)26-14-12-17-6-4-5-7-19(17)15-26/h3-11H,1,12-16H2,2H3. The highest BCUT2D eigenvalue weighted by Crippen LogP contribution is 2.26. The van der Waals surface area contributed by atoms with Gasteiger partial charge in [0.25, 0.3) is 0 Å². The Hall–Kier alpha value is -3.06. The number of ether oxygens (including phenoxy) is 1. The van der Waals surface area contributed by atoms with Gasteiger partial charge in [0.2, 0.25) is 5.91 Å². The molecule has 4 rings (SSSR count). The summed E-state index contributed by atoms with van der Waals surface area (Å²) >= 11 is 1.42. The summed E-state index contributed by atoms with van der Waals surface area (Å²) in [5.41, 5.74) is 3.51. The maximum atomic E-state index is 12.8. The maximum Gasteiger partial charge on any atom is 0.233 e. The fraction of sp³-hybridized carbons (Fsp3) is 0.261. The van der Waals surface area contributed by atoms with Gasteiger partial charge in [-0.1, -0.05) is 42.1 Å². The number of allylic oxidation sites excluding steroid dienone is 1. The van der Waals surface area contributed by atoms with Crippen molar-refractivity contribution in [2.45, 2.75) is 24.7 Å². The van der Waals surface area contributed by atoms with Crippen LogP contribution in [0.2, 0.25) is 0 Å². The molecule has 1 amide bonds. The van der Waals surface area contributed by atoms with Crippen LogP contribution in [-0.4, -0.2) is 45.0 Å². The molecule has 1 aliphatic heterocycles. The van der Waals surface area contributed by atoms with Gasteiger partial charge in [-0.25, -0.2) is 0 Å². The molecule has 0 fully saturated rings. The average molecular weight is 421 g/mol. The van der Waals surface area contributed by atoms with Crippen LogP contribution in [0.1, 0.15) is 11.1 Å². The van der Waals surface area contributed by atoms with E-state index >= 15 is 0 Å². The van der Waals surface area contributed by atoms with Gasteiger partial charge >= 0.3 is 0 Å². The second kappa shape index (κ2) is 9.17. The molecule has 154 valence electrons. The summed E-state index contributed by atoms with van der Waals surface area (Å²) in [5.74, 6) is 1.99. The molecule has 0 saturated heterocycles. The lowest BCUT2D eigenvalue weighted by Gasteiger charge is -2.28. The monoisotopic (exact) mass is 420 g/mol. The summed E-state index contributed by atoms with van der Waals surface area (Å²) in [7, 11) is 1.64. The number of hydrogen-bond acceptors (Lipinski definition) is 5. The number of nitrogens with zero attached hydrogens (tertiary/aromatic N) is 4. The van der Waals surface area contributed by atoms with E-state index < -0.39 is 0 Å². The van der Waals surface area contributed by atoms with Gasteiger partial charge in [0.15, 0.2) is 11.0 Å². The molecular weight excluding hydrogens is 396 g/mol. The number of amides is 1. The third-order valence-electron chi connectivity index (χ3n) is 5.18. The minimum Gasteiger partial charge on any atom is -0.497 e. The summed E-state index contributed by atoms with van der Waals surface area (Å²) in [4.78, 5) is 14.7. The van der Waals surface area contributed by atoms with Crippen LogP contribution in [0.15, 0.2) is 66.3 Å². The fourth-order valence-corrected chi connectivity index (χ4v) is 4.42. The molecule has 0 aliphatic carbocycles. The topological polar surface area (TPSA) is 60.2 Å². The van der Waals surface area contributed by atoms with Gasteiger partial charge in [-0.05, 0) is 41.8 Å². The van der Waals surface area contributed by atoms with Crippen LogP contribution in [-0.2, 0) is 24.3 Å². The predicted octanol–water partition coefficient (Wildman–Crippen LogP) is 3.82. The normalized spacial score (nSPS) is 13.0. The van der Waals surface area contributed by atoms with Crippen molar-refractivity contribution in [3.63, 3.8) is 0 Å². The molecule has 0 saturated carbocycles. The number of rotatable bonds is 7. The first-order chi connectivity index (χ1) is 14.7. The van der Waals surface area contributed by atoms with Gasteiger partial charge in [0.1, 0.15) is 5.75 Å². The Morgan fingerprint density at radius 1 is 1.17 bits per heavy atom. The molecule has 7 heteroatoms. The van der Waals surface area contributed by atoms with Crippen LogP contribution in [0.25, 0.3) is 11.4 Å². The largest absolute Gasteiger partial charge is 0.497 e. The number of carbonyl (C=O) groups excluding carboxylic acids is 1. The van der Waals surface area contributed by atoms with E-state index in [1.165, 1.54) is 22.9 Å². The van der Waals surface area contributed by atoms with Crippen molar-refractivity contribution >= 4 is 17.7 Å². The molecule has 6 nitrogen and oxygen atoms in total. The highest BCUT2D eigenvalue weighted by molar-refractivity contribution is 7.99. The first-order valence-electron chi connectivity index (χ1n) is 9.85. The number of hydrogen-bond donors (Lipinski definition) is 0. The van der Waals surface area contributed by atoms with E-state index in [1.54, 1.807) is 7.11 Å². The summed E-state index contributed by atoms with van der Waals surface area (Å²) in [5, 5.41) is 9.41. The van der Waals surface area contributed by atoms with Gasteiger partial charge in [0, 0.05) is 25.2 Å². The van der Waals surface area contributed by atoms with Crippen molar-refractivity contribution in [1.29, 1.82) is 0 Å². The minimum absolute atomic E-state index is 0.119. The quantitative estimate of drug-likeness (QED) is 0.430. The smallest absolute Gasteiger partial charge is 0.233 e. The lowest BCUT2D eigenvalue weighted by atomic mass is 10.00. The number of aromatic nitrogens is 3. The lowest BCUT2D eigenvalue weighted by Crippen LogP contribution is -2.37. The molecule has 1 aromatic heterocycles. The van der Waals surface area contributed by atoms with E-state index in [9.17, 15) is 4.79 Å². The summed E-state index contributed by atoms with van der Waals surface area (Å²) in [6.07, 6.45) is 2.71. The molecule has 0 spiro atoms. The number of fused-ring (bicyclic) bond motifs is 1. The summed E-state index contributed by atoms with van der Waals surface area (Å²) < 4.78 is 7.21. The Kier molecular flexibility index (Phi) is 6.18. The summed E-state index contributed by atoms with van der Waals surface area (Å²) in [6.45, 7) is 5.85. The van der Waals surface area contributed by atoms with E-state index in [4.69, 9.17) is 4.74 Å². The Morgan fingerprint density at radius 2 is 1.93 bits per heavy atom.